The normalized spacial score (nSPS) is 38.3. The van der Waals surface area contributed by atoms with E-state index in [1.807, 2.05) is 0 Å². The molecule has 0 aliphatic carbocycles. The van der Waals surface area contributed by atoms with E-state index < -0.39 is 75.8 Å². The molecule has 0 radical (unpaired) electrons. The van der Waals surface area contributed by atoms with Crippen LogP contribution in [0.25, 0.3) is 16.9 Å². The zero-order valence-electron chi connectivity index (χ0n) is 22.1. The molecule has 0 amide bonds. The molecular formula is C22H24FN7O10P2S2. The highest BCUT2D eigenvalue weighted by Gasteiger charge is 2.53. The third-order valence-electron chi connectivity index (χ3n) is 7.40. The topological polar surface area (TPSA) is 212 Å². The number of aliphatic hydroxyl groups is 1. The summed E-state index contributed by atoms with van der Waals surface area (Å²) in [7, 11) is 0. The van der Waals surface area contributed by atoms with Gasteiger partial charge in [0.1, 0.15) is 36.0 Å². The van der Waals surface area contributed by atoms with Gasteiger partial charge in [0.15, 0.2) is 24.3 Å². The summed E-state index contributed by atoms with van der Waals surface area (Å²) in [6, 6.07) is 2.78. The van der Waals surface area contributed by atoms with Gasteiger partial charge in [-0.15, -0.1) is 0 Å². The van der Waals surface area contributed by atoms with Crippen LogP contribution < -0.4 is 11.3 Å². The zero-order chi connectivity index (χ0) is 31.0. The first-order valence-electron chi connectivity index (χ1n) is 13.0. The van der Waals surface area contributed by atoms with Crippen LogP contribution in [-0.4, -0.2) is 93.3 Å². The summed E-state index contributed by atoms with van der Waals surface area (Å²) in [5, 5.41) is 11.1. The van der Waals surface area contributed by atoms with Crippen LogP contribution >= 0.6 is 13.4 Å². The molecule has 3 saturated heterocycles. The fraction of sp³-hybridized carbons (Fsp3) is 0.455. The number of pyridine rings is 1. The maximum Gasteiger partial charge on any atom is 0.325 e. The van der Waals surface area contributed by atoms with Crippen molar-refractivity contribution >= 4 is 59.7 Å². The van der Waals surface area contributed by atoms with Gasteiger partial charge in [-0.25, -0.2) is 19.3 Å². The number of aliphatic hydroxyl groups excluding tert-OH is 1. The lowest BCUT2D eigenvalue weighted by Gasteiger charge is -2.28. The lowest BCUT2D eigenvalue weighted by molar-refractivity contribution is -0.0605. The van der Waals surface area contributed by atoms with Crippen LogP contribution in [-0.2, 0) is 51.2 Å². The SMILES string of the molecule is Nc1ccnc2c1ncn2[C@@H]1O[C@@H]2COP(O)(=S)O[C@@H]3[C@H](O)[C@@H](COP(O)(=S)O[C@H]2[C@@H]1F)O[C@H]3n1ccc(=O)n2ccnc12. The monoisotopic (exact) mass is 691 g/mol. The molecule has 4 aromatic rings. The lowest BCUT2D eigenvalue weighted by Crippen LogP contribution is -2.36. The average molecular weight is 692 g/mol. The summed E-state index contributed by atoms with van der Waals surface area (Å²) in [5.41, 5.74) is 6.45. The van der Waals surface area contributed by atoms with Gasteiger partial charge >= 0.3 is 13.4 Å². The molecule has 3 aliphatic heterocycles. The summed E-state index contributed by atoms with van der Waals surface area (Å²) in [6.45, 7) is -9.53. The molecule has 4 aromatic heterocycles. The van der Waals surface area contributed by atoms with Crippen molar-refractivity contribution in [3.63, 3.8) is 0 Å². The molecule has 7 rings (SSSR count). The Labute approximate surface area is 256 Å². The van der Waals surface area contributed by atoms with Crippen LogP contribution in [0.3, 0.4) is 0 Å². The molecule has 44 heavy (non-hydrogen) atoms. The number of hydrogen-bond donors (Lipinski definition) is 4. The molecule has 0 saturated carbocycles. The molecule has 22 heteroatoms. The van der Waals surface area contributed by atoms with E-state index in [-0.39, 0.29) is 17.0 Å². The van der Waals surface area contributed by atoms with E-state index in [4.69, 9.17) is 56.9 Å². The van der Waals surface area contributed by atoms with Crippen molar-refractivity contribution in [2.45, 2.75) is 49.1 Å². The van der Waals surface area contributed by atoms with Crippen LogP contribution in [0.5, 0.6) is 0 Å². The summed E-state index contributed by atoms with van der Waals surface area (Å²) in [5.74, 6) is 0.138. The molecule has 2 bridgehead atoms. The Morgan fingerprint density at radius 3 is 2.41 bits per heavy atom. The second-order valence-corrected chi connectivity index (χ2v) is 15.7. The smallest absolute Gasteiger partial charge is 0.325 e. The Morgan fingerprint density at radius 1 is 0.932 bits per heavy atom. The first-order valence-corrected chi connectivity index (χ1v) is 18.2. The van der Waals surface area contributed by atoms with Crippen molar-refractivity contribution in [3.8, 4) is 0 Å². The van der Waals surface area contributed by atoms with E-state index in [2.05, 4.69) is 15.0 Å². The Balaban J connectivity index is 1.21. The minimum absolute atomic E-state index is 0.138. The van der Waals surface area contributed by atoms with Crippen LogP contribution in [0, 0.1) is 0 Å². The number of aromatic nitrogens is 6. The van der Waals surface area contributed by atoms with Crippen molar-refractivity contribution < 1.29 is 46.9 Å². The Morgan fingerprint density at radius 2 is 1.64 bits per heavy atom. The molecule has 236 valence electrons. The molecule has 0 spiro atoms. The van der Waals surface area contributed by atoms with Crippen LogP contribution in [0.15, 0.2) is 48.0 Å². The van der Waals surface area contributed by atoms with Gasteiger partial charge in [-0.2, -0.15) is 0 Å². The lowest BCUT2D eigenvalue weighted by atomic mass is 10.1. The van der Waals surface area contributed by atoms with Gasteiger partial charge in [0, 0.05) is 30.9 Å². The molecule has 0 aromatic carbocycles. The fourth-order valence-electron chi connectivity index (χ4n) is 5.36. The van der Waals surface area contributed by atoms with Gasteiger partial charge in [0.2, 0.25) is 5.78 Å². The number of halogens is 1. The molecule has 7 heterocycles. The van der Waals surface area contributed by atoms with Gasteiger partial charge in [-0.1, -0.05) is 0 Å². The van der Waals surface area contributed by atoms with Gasteiger partial charge in [-0.05, 0) is 29.7 Å². The number of fused-ring (bicyclic) bond motifs is 5. The third-order valence-corrected chi connectivity index (χ3v) is 10.5. The number of nitrogens with two attached hydrogens (primary N) is 1. The predicted molar refractivity (Wildman–Crippen MR) is 155 cm³/mol. The first-order chi connectivity index (χ1) is 20.9. The van der Waals surface area contributed by atoms with Gasteiger partial charge in [0.05, 0.1) is 25.2 Å². The first kappa shape index (κ1) is 30.4. The second-order valence-electron chi connectivity index (χ2n) is 10.1. The minimum atomic E-state index is -4.22. The quantitative estimate of drug-likeness (QED) is 0.208. The third kappa shape index (κ3) is 5.32. The molecular weight excluding hydrogens is 667 g/mol. The minimum Gasteiger partial charge on any atom is -0.397 e. The molecule has 2 unspecified atom stereocenters. The van der Waals surface area contributed by atoms with Gasteiger partial charge in [-0.3, -0.25) is 27.4 Å². The van der Waals surface area contributed by atoms with E-state index in [1.165, 1.54) is 56.8 Å². The van der Waals surface area contributed by atoms with Gasteiger partial charge in [0.25, 0.3) is 5.56 Å². The molecule has 3 fully saturated rings. The standard InChI is InChI=1S/C22H24FN7O10P2S2/c23-14-17-12(38-20(14)30-9-27-15-10(24)1-3-25-19(15)30)8-36-42(34,44)40-18-16(32)11(7-35-41(33,43)39-17)37-21(18)29-5-2-13(31)28-6-4-26-22(28)29/h1-6,9,11-12,14,16-18,20-21,32H,7-8H2,(H2,24,25)(H,33,43)(H,34,44)/t11-,12-,14+,16-,17-,18-,20-,21-,41?,42?/m1/s1. The maximum atomic E-state index is 16.0. The second kappa shape index (κ2) is 11.2. The highest BCUT2D eigenvalue weighted by atomic mass is 32.5. The number of alkyl halides is 1. The highest BCUT2D eigenvalue weighted by molar-refractivity contribution is 8.07. The summed E-state index contributed by atoms with van der Waals surface area (Å²) < 4.78 is 54.3. The number of anilines is 1. The Bertz CT molecular complexity index is 1890. The number of imidazole rings is 2. The van der Waals surface area contributed by atoms with E-state index in [0.717, 1.165) is 0 Å². The zero-order valence-corrected chi connectivity index (χ0v) is 25.5. The molecule has 10 atom stereocenters. The van der Waals surface area contributed by atoms with E-state index in [1.54, 1.807) is 0 Å². The van der Waals surface area contributed by atoms with Crippen molar-refractivity contribution in [1.82, 2.24) is 28.5 Å². The van der Waals surface area contributed by atoms with Crippen LogP contribution in [0.4, 0.5) is 10.1 Å². The number of rotatable bonds is 2. The Hall–Kier alpha value is -2.29. The van der Waals surface area contributed by atoms with E-state index in [9.17, 15) is 19.7 Å². The predicted octanol–water partition coefficient (Wildman–Crippen LogP) is 0.268. The van der Waals surface area contributed by atoms with Gasteiger partial charge < -0.3 is 39.1 Å². The van der Waals surface area contributed by atoms with E-state index in [0.29, 0.717) is 11.2 Å². The summed E-state index contributed by atoms with van der Waals surface area (Å²) in [4.78, 5) is 46.9. The van der Waals surface area contributed by atoms with Crippen molar-refractivity contribution in [3.05, 3.63) is 53.6 Å². The summed E-state index contributed by atoms with van der Waals surface area (Å²) in [6.07, 6.45) is -4.59. The van der Waals surface area contributed by atoms with Crippen LogP contribution in [0.1, 0.15) is 12.5 Å². The summed E-state index contributed by atoms with van der Waals surface area (Å²) >= 11 is 10.4. The van der Waals surface area contributed by atoms with Crippen molar-refractivity contribution in [1.29, 1.82) is 0 Å². The average Bonchev–Trinajstić information content (AvgIpc) is 3.75. The molecule has 5 N–H and O–H groups in total. The maximum absolute atomic E-state index is 16.0. The number of hydrogen-bond acceptors (Lipinski definition) is 14. The van der Waals surface area contributed by atoms with E-state index >= 15 is 4.39 Å². The Kier molecular flexibility index (Phi) is 7.73. The largest absolute Gasteiger partial charge is 0.397 e. The number of ether oxygens (including phenoxy) is 2. The molecule has 17 nitrogen and oxygen atoms in total. The van der Waals surface area contributed by atoms with Crippen molar-refractivity contribution in [2.75, 3.05) is 18.9 Å². The highest BCUT2D eigenvalue weighted by Crippen LogP contribution is 2.54. The van der Waals surface area contributed by atoms with Crippen LogP contribution in [0.2, 0.25) is 0 Å². The number of nitrogen functional groups attached to an aromatic ring is 1. The fourth-order valence-corrected chi connectivity index (χ4v) is 8.21. The number of nitrogens with zero attached hydrogens (tertiary/aromatic N) is 6. The van der Waals surface area contributed by atoms with Crippen molar-refractivity contribution in [2.24, 2.45) is 0 Å². The molecule has 3 aliphatic rings.